The molecular weight excluding hydrogens is 549 g/mol. The predicted octanol–water partition coefficient (Wildman–Crippen LogP) is 11.3. The van der Waals surface area contributed by atoms with E-state index in [1.54, 1.807) is 22.7 Å². The summed E-state index contributed by atoms with van der Waals surface area (Å²) >= 11 is 8.66. The van der Waals surface area contributed by atoms with Gasteiger partial charge in [-0.3, -0.25) is 0 Å². The van der Waals surface area contributed by atoms with Gasteiger partial charge in [-0.15, -0.1) is 56.7 Å². The topological polar surface area (TPSA) is 47.6 Å². The van der Waals surface area contributed by atoms with Gasteiger partial charge in [0.25, 0.3) is 0 Å². The number of aryl methyl sites for hydroxylation is 1. The molecule has 0 unspecified atom stereocenters. The smallest absolute Gasteiger partial charge is 0.110 e. The van der Waals surface area contributed by atoms with Crippen LogP contribution >= 0.6 is 56.7 Å². The van der Waals surface area contributed by atoms with E-state index in [2.05, 4.69) is 61.5 Å². The van der Waals surface area contributed by atoms with E-state index in [1.807, 2.05) is 46.1 Å². The molecule has 0 atom stereocenters. The minimum Gasteiger partial charge on any atom is -0.192 e. The number of hydrogen-bond donors (Lipinski definition) is 0. The summed E-state index contributed by atoms with van der Waals surface area (Å²) < 4.78 is 0. The summed E-state index contributed by atoms with van der Waals surface area (Å²) in [5.41, 5.74) is 1.45. The van der Waals surface area contributed by atoms with Crippen molar-refractivity contribution in [3.05, 3.63) is 69.9 Å². The molecule has 0 aliphatic carbocycles. The molecule has 0 bridgehead atoms. The highest BCUT2D eigenvalue weighted by Crippen LogP contribution is 2.47. The van der Waals surface area contributed by atoms with Crippen LogP contribution in [0.3, 0.4) is 0 Å². The van der Waals surface area contributed by atoms with E-state index in [0.717, 1.165) is 25.9 Å². The van der Waals surface area contributed by atoms with Gasteiger partial charge in [-0.1, -0.05) is 39.0 Å². The van der Waals surface area contributed by atoms with Crippen LogP contribution in [0.2, 0.25) is 0 Å². The lowest BCUT2D eigenvalue weighted by Gasteiger charge is -2.03. The number of unbranched alkanes of at least 4 members (excludes halogenated alkanes) is 5. The van der Waals surface area contributed by atoms with Crippen LogP contribution in [-0.4, -0.2) is 0 Å². The number of thiophene rings is 5. The lowest BCUT2D eigenvalue weighted by atomic mass is 10.0. The minimum absolute atomic E-state index is 0.755. The monoisotopic (exact) mass is 574 g/mol. The maximum Gasteiger partial charge on any atom is 0.110 e. The Morgan fingerprint density at radius 3 is 1.62 bits per heavy atom. The minimum atomic E-state index is 0.755. The van der Waals surface area contributed by atoms with E-state index in [4.69, 9.17) is 0 Å². The average molecular weight is 575 g/mol. The summed E-state index contributed by atoms with van der Waals surface area (Å²) in [7, 11) is 0. The number of rotatable bonds is 11. The summed E-state index contributed by atoms with van der Waals surface area (Å²) in [6.07, 6.45) is 8.90. The van der Waals surface area contributed by atoms with Crippen molar-refractivity contribution in [2.75, 3.05) is 0 Å². The molecule has 0 saturated carbocycles. The van der Waals surface area contributed by atoms with Crippen molar-refractivity contribution in [3.63, 3.8) is 0 Å². The molecule has 0 spiro atoms. The first-order valence-electron chi connectivity index (χ1n) is 12.5. The fourth-order valence-electron chi connectivity index (χ4n) is 4.30. The van der Waals surface area contributed by atoms with Crippen LogP contribution in [0.25, 0.3) is 39.0 Å². The quantitative estimate of drug-likeness (QED) is 0.147. The molecule has 0 radical (unpaired) electrons. The Morgan fingerprint density at radius 2 is 1.03 bits per heavy atom. The molecule has 0 amide bonds. The maximum absolute atomic E-state index is 9.22. The molecule has 0 aliphatic rings. The third kappa shape index (κ3) is 6.14. The van der Waals surface area contributed by atoms with E-state index in [-0.39, 0.29) is 0 Å². The fourth-order valence-corrected chi connectivity index (χ4v) is 9.53. The summed E-state index contributed by atoms with van der Waals surface area (Å²) in [5.74, 6) is 0. The molecule has 0 N–H and O–H groups in total. The number of nitrogens with zero attached hydrogens (tertiary/aromatic N) is 2. The van der Waals surface area contributed by atoms with Gasteiger partial charge in [0.2, 0.25) is 0 Å². The van der Waals surface area contributed by atoms with Crippen LogP contribution in [0.1, 0.15) is 60.8 Å². The fraction of sp³-hybridized carbons (Fsp3) is 0.267. The molecule has 2 nitrogen and oxygen atoms in total. The van der Waals surface area contributed by atoms with Crippen molar-refractivity contribution in [2.24, 2.45) is 0 Å². The average Bonchev–Trinajstić information content (AvgIpc) is 3.73. The molecule has 37 heavy (non-hydrogen) atoms. The molecule has 0 saturated heterocycles. The third-order valence-electron chi connectivity index (χ3n) is 6.21. The van der Waals surface area contributed by atoms with E-state index < -0.39 is 0 Å². The van der Waals surface area contributed by atoms with Gasteiger partial charge in [0, 0.05) is 39.0 Å². The van der Waals surface area contributed by atoms with Gasteiger partial charge in [0.15, 0.2) is 0 Å². The van der Waals surface area contributed by atoms with Gasteiger partial charge in [0.05, 0.1) is 0 Å². The second kappa shape index (κ2) is 12.3. The first kappa shape index (κ1) is 26.1. The van der Waals surface area contributed by atoms with Crippen molar-refractivity contribution >= 4 is 56.7 Å². The first-order valence-corrected chi connectivity index (χ1v) is 16.6. The van der Waals surface area contributed by atoms with Crippen molar-refractivity contribution in [3.8, 4) is 51.2 Å². The molecule has 0 aliphatic heterocycles. The summed E-state index contributed by atoms with van der Waals surface area (Å²) in [6, 6.07) is 23.7. The molecule has 0 aromatic carbocycles. The van der Waals surface area contributed by atoms with Crippen molar-refractivity contribution in [1.29, 1.82) is 10.5 Å². The van der Waals surface area contributed by atoms with Gasteiger partial charge in [0.1, 0.15) is 21.9 Å². The summed E-state index contributed by atoms with van der Waals surface area (Å²) in [6.45, 7) is 2.27. The van der Waals surface area contributed by atoms with Gasteiger partial charge in [-0.2, -0.15) is 10.5 Å². The van der Waals surface area contributed by atoms with Crippen molar-refractivity contribution in [1.82, 2.24) is 0 Å². The normalized spacial score (nSPS) is 11.0. The first-order chi connectivity index (χ1) is 18.2. The number of hydrogen-bond acceptors (Lipinski definition) is 7. The Balaban J connectivity index is 1.42. The molecular formula is C30H26N2S5. The molecule has 5 heterocycles. The maximum atomic E-state index is 9.22. The Labute approximate surface area is 238 Å². The molecule has 7 heteroatoms. The molecule has 5 rings (SSSR count). The Kier molecular flexibility index (Phi) is 8.71. The Morgan fingerprint density at radius 1 is 0.541 bits per heavy atom. The van der Waals surface area contributed by atoms with Crippen LogP contribution in [0.4, 0.5) is 0 Å². The lowest BCUT2D eigenvalue weighted by molar-refractivity contribution is 0.608. The third-order valence-corrected chi connectivity index (χ3v) is 12.3. The SMILES string of the molecule is CCCCCCCCc1cc(-c2ccc(-c3ccc(C#N)s3)s2)sc1-c1ccc(-c2ccc(C#N)s2)s1. The van der Waals surface area contributed by atoms with Crippen LogP contribution in [0, 0.1) is 22.7 Å². The van der Waals surface area contributed by atoms with Gasteiger partial charge < -0.3 is 0 Å². The van der Waals surface area contributed by atoms with Crippen molar-refractivity contribution in [2.45, 2.75) is 51.9 Å². The van der Waals surface area contributed by atoms with E-state index in [9.17, 15) is 10.5 Å². The van der Waals surface area contributed by atoms with Crippen LogP contribution in [0.5, 0.6) is 0 Å². The second-order valence-electron chi connectivity index (χ2n) is 8.86. The van der Waals surface area contributed by atoms with Crippen molar-refractivity contribution < 1.29 is 0 Å². The lowest BCUT2D eigenvalue weighted by Crippen LogP contribution is -1.86. The Bertz CT molecular complexity index is 1560. The van der Waals surface area contributed by atoms with Crippen LogP contribution in [-0.2, 0) is 6.42 Å². The largest absolute Gasteiger partial charge is 0.192 e. The number of nitriles is 2. The summed E-state index contributed by atoms with van der Waals surface area (Å²) in [4.78, 5) is 11.6. The zero-order valence-electron chi connectivity index (χ0n) is 20.6. The van der Waals surface area contributed by atoms with Gasteiger partial charge in [-0.25, -0.2) is 0 Å². The van der Waals surface area contributed by atoms with E-state index >= 15 is 0 Å². The highest BCUT2D eigenvalue weighted by Gasteiger charge is 2.17. The van der Waals surface area contributed by atoms with Gasteiger partial charge in [-0.05, 0) is 73.0 Å². The van der Waals surface area contributed by atoms with Crippen LogP contribution < -0.4 is 0 Å². The standard InChI is InChI=1S/C30H26N2S5/c1-2-3-4-5-6-7-8-20-17-29(27-14-13-25(35-27)23-11-9-21(18-31)33-23)37-30(20)28-16-15-26(36-28)24-12-10-22(19-32)34-24/h9-17H,2-8H2,1H3. The summed E-state index contributed by atoms with van der Waals surface area (Å²) in [5, 5.41) is 18.4. The Hall–Kier alpha value is -2.52. The predicted molar refractivity (Wildman–Crippen MR) is 164 cm³/mol. The molecule has 5 aromatic rings. The zero-order chi connectivity index (χ0) is 25.6. The zero-order valence-corrected chi connectivity index (χ0v) is 24.7. The van der Waals surface area contributed by atoms with Gasteiger partial charge >= 0.3 is 0 Å². The van der Waals surface area contributed by atoms with E-state index in [0.29, 0.717) is 0 Å². The highest BCUT2D eigenvalue weighted by atomic mass is 32.1. The van der Waals surface area contributed by atoms with E-state index in [1.165, 1.54) is 73.4 Å². The molecule has 5 aromatic heterocycles. The molecule has 0 fully saturated rings. The highest BCUT2D eigenvalue weighted by molar-refractivity contribution is 7.29. The molecule has 186 valence electrons. The second-order valence-corrected chi connectivity index (χ2v) is 14.2. The van der Waals surface area contributed by atoms with Crippen LogP contribution in [0.15, 0.2) is 54.6 Å².